The van der Waals surface area contributed by atoms with Crippen LogP contribution in [0.5, 0.6) is 5.75 Å². The van der Waals surface area contributed by atoms with Gasteiger partial charge in [0, 0.05) is 12.3 Å². The minimum absolute atomic E-state index is 0.0147. The average Bonchev–Trinajstić information content (AvgIpc) is 3.16. The van der Waals surface area contributed by atoms with Gasteiger partial charge in [0.05, 0.1) is 17.4 Å². The van der Waals surface area contributed by atoms with Crippen LogP contribution in [0, 0.1) is 19.7 Å². The molecule has 0 saturated heterocycles. The molecule has 0 spiro atoms. The number of aryl methyl sites for hydroxylation is 2. The van der Waals surface area contributed by atoms with E-state index in [2.05, 4.69) is 5.10 Å². The van der Waals surface area contributed by atoms with E-state index < -0.39 is 18.1 Å². The van der Waals surface area contributed by atoms with E-state index in [0.29, 0.717) is 29.3 Å². The van der Waals surface area contributed by atoms with Gasteiger partial charge in [0.1, 0.15) is 18.2 Å². The Hall–Kier alpha value is -3.32. The van der Waals surface area contributed by atoms with E-state index in [-0.39, 0.29) is 11.4 Å². The van der Waals surface area contributed by atoms with Crippen LogP contribution in [0.4, 0.5) is 13.2 Å². The Labute approximate surface area is 183 Å². The predicted octanol–water partition coefficient (Wildman–Crippen LogP) is 5.70. The molecule has 0 amide bonds. The molecule has 4 rings (SSSR count). The molecule has 1 atom stereocenters. The summed E-state index contributed by atoms with van der Waals surface area (Å²) in [6.45, 7) is 3.79. The number of aromatic nitrogens is 2. The number of fused-ring (bicyclic) bond motifs is 1. The summed E-state index contributed by atoms with van der Waals surface area (Å²) in [5.74, 6) is -3.42. The third-order valence-corrected chi connectivity index (χ3v) is 5.61. The van der Waals surface area contributed by atoms with Gasteiger partial charge >= 0.3 is 0 Å². The molecule has 0 radical (unpaired) electrons. The summed E-state index contributed by atoms with van der Waals surface area (Å²) in [6.07, 6.45) is 1.52. The molecule has 0 aliphatic rings. The van der Waals surface area contributed by atoms with Crippen LogP contribution in [0.25, 0.3) is 16.6 Å². The van der Waals surface area contributed by atoms with Gasteiger partial charge in [-0.05, 0) is 67.4 Å². The second kappa shape index (κ2) is 7.98. The molecule has 4 nitrogen and oxygen atoms in total. The molecule has 166 valence electrons. The molecule has 1 unspecified atom stereocenters. The van der Waals surface area contributed by atoms with Gasteiger partial charge in [0.25, 0.3) is 5.92 Å². The lowest BCUT2D eigenvalue weighted by Crippen LogP contribution is -2.48. The number of nitrogens with zero attached hydrogens (tertiary/aromatic N) is 2. The molecule has 4 aromatic rings. The van der Waals surface area contributed by atoms with Crippen LogP contribution in [-0.4, -0.2) is 27.4 Å². The van der Waals surface area contributed by atoms with Gasteiger partial charge < -0.3 is 9.84 Å². The van der Waals surface area contributed by atoms with E-state index in [0.717, 1.165) is 11.1 Å². The molecule has 0 saturated carbocycles. The van der Waals surface area contributed by atoms with Crippen molar-refractivity contribution in [2.45, 2.75) is 32.3 Å². The molecule has 0 aliphatic heterocycles. The Bertz CT molecular complexity index is 1260. The van der Waals surface area contributed by atoms with E-state index in [1.165, 1.54) is 30.5 Å². The van der Waals surface area contributed by atoms with Gasteiger partial charge in [-0.3, -0.25) is 0 Å². The average molecular weight is 440 g/mol. The normalized spacial score (nSPS) is 13.8. The first kappa shape index (κ1) is 21.9. The SMILES string of the molecule is Cc1ccc(OCC(O)(c2ccc3c(cnn3-c3ccc(F)cc3)c2)C(C)(F)F)c(C)c1. The fourth-order valence-corrected chi connectivity index (χ4v) is 3.69. The molecule has 1 N–H and O–H groups in total. The number of benzene rings is 3. The van der Waals surface area contributed by atoms with Gasteiger partial charge in [-0.2, -0.15) is 5.10 Å². The molecular weight excluding hydrogens is 417 g/mol. The highest BCUT2D eigenvalue weighted by molar-refractivity contribution is 5.81. The Morgan fingerprint density at radius 3 is 2.38 bits per heavy atom. The summed E-state index contributed by atoms with van der Waals surface area (Å²) in [5, 5.41) is 15.9. The number of ether oxygens (including phenoxy) is 1. The summed E-state index contributed by atoms with van der Waals surface area (Å²) in [6, 6.07) is 15.7. The van der Waals surface area contributed by atoms with Crippen LogP contribution in [-0.2, 0) is 5.60 Å². The van der Waals surface area contributed by atoms with Crippen LogP contribution in [0.2, 0.25) is 0 Å². The van der Waals surface area contributed by atoms with Gasteiger partial charge in [-0.15, -0.1) is 0 Å². The summed E-state index contributed by atoms with van der Waals surface area (Å²) in [5.41, 5.74) is 0.537. The lowest BCUT2D eigenvalue weighted by Gasteiger charge is -2.34. The lowest BCUT2D eigenvalue weighted by molar-refractivity contribution is -0.190. The molecular formula is C25H23F3N2O2. The molecule has 1 aromatic heterocycles. The third-order valence-electron chi connectivity index (χ3n) is 5.61. The topological polar surface area (TPSA) is 47.3 Å². The third kappa shape index (κ3) is 3.96. The summed E-state index contributed by atoms with van der Waals surface area (Å²) >= 11 is 0. The fourth-order valence-electron chi connectivity index (χ4n) is 3.69. The minimum atomic E-state index is -3.48. The van der Waals surface area contributed by atoms with E-state index in [1.807, 2.05) is 26.0 Å². The largest absolute Gasteiger partial charge is 0.490 e. The number of hydrogen-bond acceptors (Lipinski definition) is 3. The number of hydrogen-bond donors (Lipinski definition) is 1. The Balaban J connectivity index is 1.70. The monoisotopic (exact) mass is 440 g/mol. The molecule has 3 aromatic carbocycles. The highest BCUT2D eigenvalue weighted by Gasteiger charge is 2.51. The number of rotatable bonds is 6. The van der Waals surface area contributed by atoms with Crippen LogP contribution >= 0.6 is 0 Å². The first-order valence-electron chi connectivity index (χ1n) is 10.1. The van der Waals surface area contributed by atoms with Crippen molar-refractivity contribution in [1.82, 2.24) is 9.78 Å². The van der Waals surface area contributed by atoms with Crippen LogP contribution in [0.1, 0.15) is 23.6 Å². The van der Waals surface area contributed by atoms with Gasteiger partial charge in [0.15, 0.2) is 5.60 Å². The standard InChI is InChI=1S/C25H23F3N2O2/c1-16-4-11-23(17(2)12-16)32-15-25(31,24(3,27)28)19-5-10-22-18(13-19)14-29-30(22)21-8-6-20(26)7-9-21/h4-14,31H,15H2,1-3H3. The van der Waals surface area contributed by atoms with Gasteiger partial charge in [0.2, 0.25) is 0 Å². The van der Waals surface area contributed by atoms with E-state index >= 15 is 0 Å². The molecule has 7 heteroatoms. The van der Waals surface area contributed by atoms with Crippen molar-refractivity contribution in [2.75, 3.05) is 6.61 Å². The molecule has 0 aliphatic carbocycles. The molecule has 1 heterocycles. The van der Waals surface area contributed by atoms with Crippen molar-refractivity contribution in [3.8, 4) is 11.4 Å². The van der Waals surface area contributed by atoms with Crippen LogP contribution < -0.4 is 4.74 Å². The Kier molecular flexibility index (Phi) is 5.46. The fraction of sp³-hybridized carbons (Fsp3) is 0.240. The second-order valence-electron chi connectivity index (χ2n) is 8.11. The zero-order valence-electron chi connectivity index (χ0n) is 17.9. The highest BCUT2D eigenvalue weighted by atomic mass is 19.3. The number of aliphatic hydroxyl groups is 1. The van der Waals surface area contributed by atoms with Crippen molar-refractivity contribution in [1.29, 1.82) is 0 Å². The van der Waals surface area contributed by atoms with E-state index in [9.17, 15) is 18.3 Å². The highest BCUT2D eigenvalue weighted by Crippen LogP contribution is 2.39. The maximum absolute atomic E-state index is 14.6. The summed E-state index contributed by atoms with van der Waals surface area (Å²) in [7, 11) is 0. The molecule has 32 heavy (non-hydrogen) atoms. The van der Waals surface area contributed by atoms with Crippen molar-refractivity contribution in [3.05, 3.63) is 89.4 Å². The van der Waals surface area contributed by atoms with Gasteiger partial charge in [-0.1, -0.05) is 23.8 Å². The first-order valence-corrected chi connectivity index (χ1v) is 10.1. The second-order valence-corrected chi connectivity index (χ2v) is 8.11. The summed E-state index contributed by atoms with van der Waals surface area (Å²) in [4.78, 5) is 0. The minimum Gasteiger partial charge on any atom is -0.490 e. The van der Waals surface area contributed by atoms with Crippen molar-refractivity contribution < 1.29 is 23.0 Å². The Morgan fingerprint density at radius 1 is 1.00 bits per heavy atom. The van der Waals surface area contributed by atoms with Crippen LogP contribution in [0.15, 0.2) is 66.9 Å². The zero-order valence-corrected chi connectivity index (χ0v) is 17.9. The number of alkyl halides is 2. The molecule has 0 fully saturated rings. The van der Waals surface area contributed by atoms with Crippen molar-refractivity contribution in [2.24, 2.45) is 0 Å². The van der Waals surface area contributed by atoms with E-state index in [4.69, 9.17) is 4.74 Å². The van der Waals surface area contributed by atoms with Gasteiger partial charge in [-0.25, -0.2) is 17.9 Å². The van der Waals surface area contributed by atoms with Crippen molar-refractivity contribution >= 4 is 10.9 Å². The maximum Gasteiger partial charge on any atom is 0.281 e. The van der Waals surface area contributed by atoms with E-state index in [1.54, 1.807) is 28.9 Å². The van der Waals surface area contributed by atoms with Crippen LogP contribution in [0.3, 0.4) is 0 Å². The maximum atomic E-state index is 14.6. The predicted molar refractivity (Wildman–Crippen MR) is 117 cm³/mol. The molecule has 0 bridgehead atoms. The first-order chi connectivity index (χ1) is 15.1. The smallest absolute Gasteiger partial charge is 0.281 e. The Morgan fingerprint density at radius 2 is 1.72 bits per heavy atom. The number of halogens is 3. The lowest BCUT2D eigenvalue weighted by atomic mass is 9.88. The zero-order chi connectivity index (χ0) is 23.1. The quantitative estimate of drug-likeness (QED) is 0.418. The van der Waals surface area contributed by atoms with Crippen molar-refractivity contribution in [3.63, 3.8) is 0 Å². The summed E-state index contributed by atoms with van der Waals surface area (Å²) < 4.78 is 49.8.